The van der Waals surface area contributed by atoms with E-state index >= 15 is 0 Å². The van der Waals surface area contributed by atoms with Gasteiger partial charge in [-0.3, -0.25) is 0 Å². The molecule has 46 valence electrons. The third-order valence-corrected chi connectivity index (χ3v) is 1.15. The average Bonchev–Trinajstić information content (AvgIpc) is 1.59. The second-order valence-corrected chi connectivity index (χ2v) is 3.66. The topological polar surface area (TPSA) is 0 Å². The maximum atomic E-state index is 3.10. The van der Waals surface area contributed by atoms with Crippen LogP contribution in [0.4, 0.5) is 0 Å². The minimum Gasteiger partial charge on any atom is -0.144 e. The lowest BCUT2D eigenvalue weighted by molar-refractivity contribution is 0.428. The van der Waals surface area contributed by atoms with Crippen molar-refractivity contribution >= 4 is 10.2 Å². The van der Waals surface area contributed by atoms with Crippen molar-refractivity contribution in [2.75, 3.05) is 0 Å². The Bertz CT molecular complexity index is 109. The molecule has 0 atom stereocenters. The molecule has 0 aliphatic carbocycles. The SMILES string of the molecule is CC(C)(C)CC#C[SiH3]. The lowest BCUT2D eigenvalue weighted by atomic mass is 9.93. The fourth-order valence-electron chi connectivity index (χ4n) is 0.354. The predicted molar refractivity (Wildman–Crippen MR) is 41.8 cm³/mol. The first kappa shape index (κ1) is 7.78. The van der Waals surface area contributed by atoms with Crippen LogP contribution in [0.1, 0.15) is 27.2 Å². The molecule has 0 aliphatic rings. The summed E-state index contributed by atoms with van der Waals surface area (Å²) in [6.45, 7) is 6.62. The van der Waals surface area contributed by atoms with Gasteiger partial charge in [0.25, 0.3) is 0 Å². The highest BCUT2D eigenvalue weighted by Gasteiger charge is 2.05. The van der Waals surface area contributed by atoms with Crippen molar-refractivity contribution in [1.29, 1.82) is 0 Å². The van der Waals surface area contributed by atoms with Gasteiger partial charge in [-0.15, -0.1) is 11.5 Å². The summed E-state index contributed by atoms with van der Waals surface area (Å²) in [5, 5.41) is 0. The summed E-state index contributed by atoms with van der Waals surface area (Å²) in [6.07, 6.45) is 1.04. The maximum Gasteiger partial charge on any atom is 0.0906 e. The lowest BCUT2D eigenvalue weighted by Crippen LogP contribution is -2.01. The molecule has 0 aliphatic heterocycles. The van der Waals surface area contributed by atoms with E-state index in [-0.39, 0.29) is 0 Å². The molecule has 0 nitrogen and oxygen atoms in total. The zero-order valence-electron chi connectivity index (χ0n) is 6.21. The minimum atomic E-state index is 0.400. The van der Waals surface area contributed by atoms with Gasteiger partial charge >= 0.3 is 0 Å². The van der Waals surface area contributed by atoms with Crippen LogP contribution in [0.15, 0.2) is 0 Å². The summed E-state index contributed by atoms with van der Waals surface area (Å²) >= 11 is 0. The highest BCUT2D eigenvalue weighted by Crippen LogP contribution is 2.16. The van der Waals surface area contributed by atoms with Gasteiger partial charge in [0.05, 0.1) is 10.2 Å². The van der Waals surface area contributed by atoms with Crippen molar-refractivity contribution in [3.05, 3.63) is 0 Å². The van der Waals surface area contributed by atoms with Crippen LogP contribution in [-0.4, -0.2) is 10.2 Å². The van der Waals surface area contributed by atoms with Gasteiger partial charge < -0.3 is 0 Å². The second-order valence-electron chi connectivity index (χ2n) is 3.16. The smallest absolute Gasteiger partial charge is 0.0906 e. The molecule has 0 radical (unpaired) electrons. The summed E-state index contributed by atoms with van der Waals surface area (Å²) in [7, 11) is 1.02. The molecule has 0 saturated carbocycles. The predicted octanol–water partition coefficient (Wildman–Crippen LogP) is 0.749. The first-order valence-electron chi connectivity index (χ1n) is 2.96. The molecule has 0 N–H and O–H groups in total. The van der Waals surface area contributed by atoms with Crippen molar-refractivity contribution in [2.24, 2.45) is 5.41 Å². The van der Waals surface area contributed by atoms with Crippen LogP contribution in [0.2, 0.25) is 0 Å². The van der Waals surface area contributed by atoms with Gasteiger partial charge in [-0.1, -0.05) is 20.8 Å². The molecule has 0 aromatic rings. The van der Waals surface area contributed by atoms with E-state index in [0.717, 1.165) is 16.7 Å². The largest absolute Gasteiger partial charge is 0.144 e. The van der Waals surface area contributed by atoms with Crippen LogP contribution in [0, 0.1) is 16.9 Å². The molecule has 0 amide bonds. The van der Waals surface area contributed by atoms with E-state index in [2.05, 4.69) is 32.2 Å². The zero-order chi connectivity index (χ0) is 6.62. The molecule has 0 rings (SSSR count). The Kier molecular flexibility index (Phi) is 2.85. The standard InChI is InChI=1S/C7H14Si/c1-7(2,3)5-4-6-8/h5H2,1-3,8H3. The quantitative estimate of drug-likeness (QED) is 0.332. The molecule has 8 heavy (non-hydrogen) atoms. The molecule has 0 unspecified atom stereocenters. The molecule has 1 heteroatoms. The third kappa shape index (κ3) is 5.78. The van der Waals surface area contributed by atoms with Crippen LogP contribution < -0.4 is 0 Å². The fourth-order valence-corrected chi connectivity index (χ4v) is 0.530. The summed E-state index contributed by atoms with van der Waals surface area (Å²) in [4.78, 5) is 0. The van der Waals surface area contributed by atoms with Crippen molar-refractivity contribution in [1.82, 2.24) is 0 Å². The molecule has 0 fully saturated rings. The van der Waals surface area contributed by atoms with Gasteiger partial charge in [-0.05, 0) is 5.41 Å². The monoisotopic (exact) mass is 126 g/mol. The van der Waals surface area contributed by atoms with Crippen molar-refractivity contribution in [2.45, 2.75) is 27.2 Å². The first-order valence-corrected chi connectivity index (χ1v) is 3.96. The Morgan fingerprint density at radius 3 is 2.00 bits per heavy atom. The summed E-state index contributed by atoms with van der Waals surface area (Å²) in [5.74, 6) is 3.10. The maximum absolute atomic E-state index is 3.10. The van der Waals surface area contributed by atoms with Gasteiger partial charge in [-0.2, -0.15) is 0 Å². The van der Waals surface area contributed by atoms with E-state index in [9.17, 15) is 0 Å². The Morgan fingerprint density at radius 1 is 1.38 bits per heavy atom. The van der Waals surface area contributed by atoms with Crippen LogP contribution in [0.5, 0.6) is 0 Å². The molecule has 0 aromatic heterocycles. The summed E-state index contributed by atoms with van der Waals surface area (Å²) in [6, 6.07) is 0. The summed E-state index contributed by atoms with van der Waals surface area (Å²) in [5.41, 5.74) is 3.41. The van der Waals surface area contributed by atoms with Gasteiger partial charge in [0.2, 0.25) is 0 Å². The van der Waals surface area contributed by atoms with Gasteiger partial charge in [0.15, 0.2) is 0 Å². The molecule has 0 saturated heterocycles. The van der Waals surface area contributed by atoms with E-state index in [1.54, 1.807) is 0 Å². The first-order chi connectivity index (χ1) is 3.56. The average molecular weight is 126 g/mol. The number of hydrogen-bond donors (Lipinski definition) is 0. The van der Waals surface area contributed by atoms with Crippen molar-refractivity contribution in [3.8, 4) is 11.5 Å². The second kappa shape index (κ2) is 2.94. The Morgan fingerprint density at radius 2 is 1.88 bits per heavy atom. The number of hydrogen-bond acceptors (Lipinski definition) is 0. The number of rotatable bonds is 0. The normalized spacial score (nSPS) is 10.4. The van der Waals surface area contributed by atoms with Crippen LogP contribution in [-0.2, 0) is 0 Å². The zero-order valence-corrected chi connectivity index (χ0v) is 8.21. The van der Waals surface area contributed by atoms with Gasteiger partial charge in [0, 0.05) is 6.42 Å². The van der Waals surface area contributed by atoms with E-state index < -0.39 is 0 Å². The van der Waals surface area contributed by atoms with Gasteiger partial charge in [-0.25, -0.2) is 0 Å². The highest BCUT2D eigenvalue weighted by molar-refractivity contribution is 6.22. The molecule has 0 aromatic carbocycles. The molecular weight excluding hydrogens is 112 g/mol. The minimum absolute atomic E-state index is 0.400. The van der Waals surface area contributed by atoms with Crippen molar-refractivity contribution < 1.29 is 0 Å². The van der Waals surface area contributed by atoms with E-state index in [0.29, 0.717) is 5.41 Å². The summed E-state index contributed by atoms with van der Waals surface area (Å²) < 4.78 is 0. The van der Waals surface area contributed by atoms with E-state index in [1.165, 1.54) is 0 Å². The lowest BCUT2D eigenvalue weighted by Gasteiger charge is -2.12. The third-order valence-electron chi connectivity index (χ3n) is 0.795. The van der Waals surface area contributed by atoms with E-state index in [4.69, 9.17) is 0 Å². The van der Waals surface area contributed by atoms with Crippen LogP contribution in [0.25, 0.3) is 0 Å². The van der Waals surface area contributed by atoms with E-state index in [1.807, 2.05) is 0 Å². The Labute approximate surface area is 55.1 Å². The molecule has 0 bridgehead atoms. The van der Waals surface area contributed by atoms with Gasteiger partial charge in [0.1, 0.15) is 0 Å². The Hall–Kier alpha value is -0.223. The van der Waals surface area contributed by atoms with Crippen LogP contribution >= 0.6 is 0 Å². The van der Waals surface area contributed by atoms with Crippen molar-refractivity contribution in [3.63, 3.8) is 0 Å². The Balaban J connectivity index is 3.50. The highest BCUT2D eigenvalue weighted by atomic mass is 28.1. The molecule has 0 spiro atoms. The molecule has 0 heterocycles. The fraction of sp³-hybridized carbons (Fsp3) is 0.714. The van der Waals surface area contributed by atoms with Crippen LogP contribution in [0.3, 0.4) is 0 Å². The molecular formula is C7H14Si.